The number of hydrogen-bond acceptors (Lipinski definition) is 33. The van der Waals surface area contributed by atoms with Gasteiger partial charge in [0, 0.05) is 12.8 Å². The lowest BCUT2D eigenvalue weighted by Crippen LogP contribution is -2.70. The zero-order valence-electron chi connectivity index (χ0n) is 64.5. The molecule has 11 aliphatic rings. The quantitative estimate of drug-likeness (QED) is 0.0124. The molecule has 11 rings (SSSR count). The number of rotatable bonds is 28. The Hall–Kier alpha value is -3.79. The highest BCUT2D eigenvalue weighted by atomic mass is 16.8. The first-order valence-corrected chi connectivity index (χ1v) is 39.8. The highest BCUT2D eigenvalue weighted by molar-refractivity contribution is 5.80. The zero-order chi connectivity index (χ0) is 81.8. The molecule has 0 aromatic carbocycles. The van der Waals surface area contributed by atoms with Crippen molar-refractivity contribution in [3.63, 3.8) is 0 Å². The van der Waals surface area contributed by atoms with E-state index in [1.165, 1.54) is 6.92 Å². The molecule has 10 fully saturated rings. The second-order valence-corrected chi connectivity index (χ2v) is 35.1. The van der Waals surface area contributed by atoms with Crippen LogP contribution in [0.4, 0.5) is 0 Å². The second-order valence-electron chi connectivity index (χ2n) is 35.1. The molecule has 36 nitrogen and oxygen atoms in total. The predicted octanol–water partition coefficient (Wildman–Crippen LogP) is -2.73. The number of carbonyl (C=O) groups is 5. The summed E-state index contributed by atoms with van der Waals surface area (Å²) in [5.41, 5.74) is -5.06. The van der Waals surface area contributed by atoms with Gasteiger partial charge in [-0.1, -0.05) is 91.7 Å². The minimum absolute atomic E-state index is 0.00603. The van der Waals surface area contributed by atoms with Crippen LogP contribution in [0.5, 0.6) is 0 Å². The van der Waals surface area contributed by atoms with Crippen molar-refractivity contribution in [2.45, 2.75) is 355 Å². The second kappa shape index (κ2) is 35.6. The molecule has 6 heterocycles. The average Bonchev–Trinajstić information content (AvgIpc) is 0.669. The molecule has 640 valence electrons. The van der Waals surface area contributed by atoms with E-state index in [1.54, 1.807) is 6.92 Å². The highest BCUT2D eigenvalue weighted by Gasteiger charge is 2.73. The van der Waals surface area contributed by atoms with Crippen LogP contribution in [-0.2, 0) is 80.8 Å². The van der Waals surface area contributed by atoms with E-state index in [4.69, 9.17) is 61.9 Å². The molecule has 6 aliphatic heterocycles. The third-order valence-electron chi connectivity index (χ3n) is 27.7. The Morgan fingerprint density at radius 3 is 1.68 bits per heavy atom. The first-order chi connectivity index (χ1) is 52.8. The van der Waals surface area contributed by atoms with Crippen LogP contribution in [0.25, 0.3) is 0 Å². The van der Waals surface area contributed by atoms with Crippen LogP contribution in [0.1, 0.15) is 170 Å². The molecule has 19 N–H and O–H groups in total. The van der Waals surface area contributed by atoms with Crippen LogP contribution in [-0.4, -0.2) is 333 Å². The molecule has 0 radical (unpaired) electrons. The fourth-order valence-corrected chi connectivity index (χ4v) is 20.9. The van der Waals surface area contributed by atoms with E-state index in [2.05, 4.69) is 46.0 Å². The van der Waals surface area contributed by atoms with E-state index < -0.39 is 279 Å². The number of carbonyl (C=O) groups excluding carboxylic acids is 3. The molecule has 0 aromatic heterocycles. The smallest absolute Gasteiger partial charge is 0.335 e. The number of fused-ring (bicyclic) bond motifs is 7. The number of aliphatic hydroxyl groups is 16. The normalized spacial score (nSPS) is 48.8. The molecular formula is C76H121NO35. The number of esters is 1. The molecule has 1 amide bonds. The first kappa shape index (κ1) is 89.0. The number of aliphatic hydroxyl groups excluding tert-OH is 16. The van der Waals surface area contributed by atoms with Crippen molar-refractivity contribution in [2.75, 3.05) is 26.4 Å². The summed E-state index contributed by atoms with van der Waals surface area (Å²) in [6.45, 7) is 10.8. The SMILES string of the molecule is CC1O[C@@H](OC2C(OC(=O)[C@]34CCC(C)(C)CC3C3=CCC5C6(C)CC[C@H](O[C@@H]7OC(C(=O)O)[C@@H](O)[C@H](O[C@@H]8OC[C@@H](O)[C@@H](O)C8O)C7O[C@@H]7OC(CO)[C@H](O)[C@H](O)C7O)[C@](C)(C=O)[C@@H]6CCC5(C)[C@]3(C)CC4O)OC(CO)[C@H](NC(=O)CCCCCCCCCCC(=O)O)C2O)C(O)C(O)[C@H]1O[C@@H]1OC[C@@H](O)C(O)C1O. The number of nitrogens with one attached hydrogen (secondary N) is 1. The van der Waals surface area contributed by atoms with Crippen molar-refractivity contribution in [2.24, 2.45) is 50.2 Å². The number of ether oxygens (including phenoxy) is 12. The number of carboxylic acid groups (broad SMARTS) is 2. The van der Waals surface area contributed by atoms with Crippen molar-refractivity contribution >= 4 is 30.1 Å². The maximum Gasteiger partial charge on any atom is 0.335 e. The number of carboxylic acids is 2. The molecule has 0 bridgehead atoms. The number of aliphatic carboxylic acids is 2. The lowest BCUT2D eigenvalue weighted by atomic mass is 9.33. The molecule has 112 heavy (non-hydrogen) atoms. The van der Waals surface area contributed by atoms with Crippen molar-refractivity contribution in [1.82, 2.24) is 5.32 Å². The Balaban J connectivity index is 0.854. The van der Waals surface area contributed by atoms with Gasteiger partial charge in [0.15, 0.2) is 43.7 Å². The molecule has 38 atom stereocenters. The minimum Gasteiger partial charge on any atom is -0.481 e. The fraction of sp³-hybridized carbons (Fsp3) is 0.908. The third-order valence-corrected chi connectivity index (χ3v) is 27.7. The Kier molecular flexibility index (Phi) is 28.3. The summed E-state index contributed by atoms with van der Waals surface area (Å²) in [4.78, 5) is 68.2. The van der Waals surface area contributed by atoms with Gasteiger partial charge < -0.3 is 159 Å². The summed E-state index contributed by atoms with van der Waals surface area (Å²) in [6, 6.07) is -1.46. The molecule has 36 heteroatoms. The maximum absolute atomic E-state index is 16.1. The molecule has 0 spiro atoms. The molecular weight excluding hydrogens is 1490 g/mol. The van der Waals surface area contributed by atoms with E-state index >= 15 is 4.79 Å². The van der Waals surface area contributed by atoms with Gasteiger partial charge >= 0.3 is 17.9 Å². The van der Waals surface area contributed by atoms with Crippen LogP contribution < -0.4 is 5.32 Å². The van der Waals surface area contributed by atoms with Gasteiger partial charge in [-0.05, 0) is 117 Å². The number of hydrogen-bond donors (Lipinski definition) is 19. The molecule has 5 aliphatic carbocycles. The van der Waals surface area contributed by atoms with Gasteiger partial charge in [-0.2, -0.15) is 0 Å². The topological polar surface area (TPSA) is 572 Å². The third kappa shape index (κ3) is 17.0. The van der Waals surface area contributed by atoms with Crippen LogP contribution >= 0.6 is 0 Å². The van der Waals surface area contributed by atoms with E-state index in [1.807, 2.05) is 0 Å². The Labute approximate surface area is 648 Å². The van der Waals surface area contributed by atoms with Gasteiger partial charge in [-0.25, -0.2) is 4.79 Å². The summed E-state index contributed by atoms with van der Waals surface area (Å²) < 4.78 is 73.0. The van der Waals surface area contributed by atoms with Gasteiger partial charge in [0.1, 0.15) is 122 Å². The van der Waals surface area contributed by atoms with Gasteiger partial charge in [-0.3, -0.25) is 14.4 Å². The average molecular weight is 1610 g/mol. The Morgan fingerprint density at radius 1 is 0.527 bits per heavy atom. The first-order valence-electron chi connectivity index (χ1n) is 39.8. The van der Waals surface area contributed by atoms with E-state index in [-0.39, 0.29) is 38.0 Å². The summed E-state index contributed by atoms with van der Waals surface area (Å²) in [5.74, 6) is -5.58. The predicted molar refractivity (Wildman–Crippen MR) is 377 cm³/mol. The fourth-order valence-electron chi connectivity index (χ4n) is 20.9. The maximum atomic E-state index is 16.1. The monoisotopic (exact) mass is 1610 g/mol. The van der Waals surface area contributed by atoms with Gasteiger partial charge in [0.05, 0.1) is 56.2 Å². The number of amides is 1. The van der Waals surface area contributed by atoms with Crippen molar-refractivity contribution in [1.29, 1.82) is 0 Å². The van der Waals surface area contributed by atoms with E-state index in [0.717, 1.165) is 44.0 Å². The lowest BCUT2D eigenvalue weighted by Gasteiger charge is -2.71. The van der Waals surface area contributed by atoms with Gasteiger partial charge in [0.25, 0.3) is 0 Å². The van der Waals surface area contributed by atoms with Gasteiger partial charge in [0.2, 0.25) is 12.2 Å². The number of unbranched alkanes of at least 4 members (excludes halogenated alkanes) is 7. The molecule has 4 saturated carbocycles. The van der Waals surface area contributed by atoms with Gasteiger partial charge in [-0.15, -0.1) is 0 Å². The largest absolute Gasteiger partial charge is 0.481 e. The Morgan fingerprint density at radius 2 is 1.08 bits per heavy atom. The molecule has 19 unspecified atom stereocenters. The van der Waals surface area contributed by atoms with E-state index in [9.17, 15) is 106 Å². The highest BCUT2D eigenvalue weighted by Crippen LogP contribution is 2.76. The Bertz CT molecular complexity index is 3240. The van der Waals surface area contributed by atoms with Crippen LogP contribution in [0.3, 0.4) is 0 Å². The summed E-state index contributed by atoms with van der Waals surface area (Å²) in [6.07, 6.45) is -40.9. The van der Waals surface area contributed by atoms with Crippen molar-refractivity contribution in [3.05, 3.63) is 11.6 Å². The number of allylic oxidation sites excluding steroid dienone is 2. The minimum atomic E-state index is -2.23. The van der Waals surface area contributed by atoms with Crippen LogP contribution in [0.2, 0.25) is 0 Å². The van der Waals surface area contributed by atoms with E-state index in [0.29, 0.717) is 57.8 Å². The van der Waals surface area contributed by atoms with Crippen molar-refractivity contribution < 1.29 is 173 Å². The lowest BCUT2D eigenvalue weighted by molar-refractivity contribution is -0.391. The summed E-state index contributed by atoms with van der Waals surface area (Å²) >= 11 is 0. The standard InChI is InChI=1S/C76H121NO35/c1-33-58(107-64-53(93)47(87)36(81)30-101-64)52(92)56(96)66(103-33)110-61-50(90)46(77-44(84)16-14-12-10-8-9-11-13-15-17-45(85)86)38(28-78)104-68(61)112-70(100)76-25-24-71(2,3)26-35(76)34-18-19-41-72(4)22-21-43(73(5,32-80)40(72)20-23-74(41,6)75(34,7)27-42(76)83)106-69-62(111-67-55(95)51(91)49(89)39(29-79)105-67)59(57(97)60(109-69)63(98)99)108-65-54(94)48(88)37(82)31-102-65/h18,32-33,35-43,46-62,64-69,78-79,81-83,87-97H,8-17,19-31H2,1-7H3,(H,77,84)(H,85,86)(H,98,99)/t33?,35?,36-,37-,38?,39?,40-,41?,42?,43+,46+,47?,48-,49+,50?,51+,52?,53?,54?,55?,56?,57+,58+,59+,60?,61?,62?,64+,65+,66+,67+,68?,69-,72?,73-,74?,75-,76-/m1/s1. The molecule has 6 saturated heterocycles. The molecule has 0 aromatic rings. The number of aldehydes is 1. The summed E-state index contributed by atoms with van der Waals surface area (Å²) in [5, 5.41) is 201. The van der Waals surface area contributed by atoms with Crippen LogP contribution in [0.15, 0.2) is 11.6 Å². The van der Waals surface area contributed by atoms with Crippen LogP contribution in [0, 0.1) is 50.2 Å². The summed E-state index contributed by atoms with van der Waals surface area (Å²) in [7, 11) is 0. The zero-order valence-corrected chi connectivity index (χ0v) is 64.5. The van der Waals surface area contributed by atoms with Crippen molar-refractivity contribution in [3.8, 4) is 0 Å².